The van der Waals surface area contributed by atoms with E-state index in [0.717, 1.165) is 22.6 Å². The standard InChI is InChI=1S/C15H15ClO2/c1-11-6-7-14(15(8-11)17-2)18-10-12-4-3-5-13(16)9-12/h3-9H,10H2,1-2H3. The molecule has 2 aromatic rings. The van der Waals surface area contributed by atoms with Crippen molar-refractivity contribution in [2.24, 2.45) is 0 Å². The molecule has 3 heteroatoms. The molecule has 0 heterocycles. The van der Waals surface area contributed by atoms with Gasteiger partial charge in [-0.2, -0.15) is 0 Å². The smallest absolute Gasteiger partial charge is 0.161 e. The monoisotopic (exact) mass is 262 g/mol. The zero-order chi connectivity index (χ0) is 13.0. The predicted molar refractivity (Wildman–Crippen MR) is 73.5 cm³/mol. The second-order valence-electron chi connectivity index (χ2n) is 4.07. The molecule has 0 fully saturated rings. The Morgan fingerprint density at radius 3 is 2.61 bits per heavy atom. The number of rotatable bonds is 4. The Balaban J connectivity index is 2.10. The maximum Gasteiger partial charge on any atom is 0.161 e. The quantitative estimate of drug-likeness (QED) is 0.821. The van der Waals surface area contributed by atoms with Gasteiger partial charge in [0.2, 0.25) is 0 Å². The van der Waals surface area contributed by atoms with Crippen LogP contribution in [0.1, 0.15) is 11.1 Å². The molecule has 0 N–H and O–H groups in total. The van der Waals surface area contributed by atoms with Crippen molar-refractivity contribution < 1.29 is 9.47 Å². The highest BCUT2D eigenvalue weighted by molar-refractivity contribution is 6.30. The van der Waals surface area contributed by atoms with E-state index in [-0.39, 0.29) is 0 Å². The molecule has 18 heavy (non-hydrogen) atoms. The molecule has 0 saturated carbocycles. The molecule has 0 aliphatic rings. The Bertz CT molecular complexity index is 538. The summed E-state index contributed by atoms with van der Waals surface area (Å²) in [7, 11) is 1.64. The van der Waals surface area contributed by atoms with Gasteiger partial charge in [-0.05, 0) is 42.3 Å². The molecule has 2 rings (SSSR count). The van der Waals surface area contributed by atoms with Crippen molar-refractivity contribution in [2.45, 2.75) is 13.5 Å². The van der Waals surface area contributed by atoms with E-state index in [4.69, 9.17) is 21.1 Å². The molecule has 0 aromatic heterocycles. The van der Waals surface area contributed by atoms with Gasteiger partial charge in [-0.3, -0.25) is 0 Å². The van der Waals surface area contributed by atoms with Crippen LogP contribution >= 0.6 is 11.6 Å². The fraction of sp³-hybridized carbons (Fsp3) is 0.200. The first-order valence-electron chi connectivity index (χ1n) is 5.71. The summed E-state index contributed by atoms with van der Waals surface area (Å²) in [6, 6.07) is 13.5. The van der Waals surface area contributed by atoms with Crippen LogP contribution in [0.25, 0.3) is 0 Å². The number of benzene rings is 2. The summed E-state index contributed by atoms with van der Waals surface area (Å²) >= 11 is 5.93. The number of hydrogen-bond donors (Lipinski definition) is 0. The van der Waals surface area contributed by atoms with E-state index in [2.05, 4.69) is 0 Å². The van der Waals surface area contributed by atoms with Crippen LogP contribution in [-0.4, -0.2) is 7.11 Å². The summed E-state index contributed by atoms with van der Waals surface area (Å²) in [5.41, 5.74) is 2.17. The van der Waals surface area contributed by atoms with Crippen LogP contribution < -0.4 is 9.47 Å². The summed E-state index contributed by atoms with van der Waals surface area (Å²) < 4.78 is 11.0. The molecule has 0 aliphatic heterocycles. The van der Waals surface area contributed by atoms with Crippen molar-refractivity contribution in [1.29, 1.82) is 0 Å². The van der Waals surface area contributed by atoms with Crippen molar-refractivity contribution in [2.75, 3.05) is 7.11 Å². The molecular weight excluding hydrogens is 248 g/mol. The van der Waals surface area contributed by atoms with Crippen LogP contribution in [-0.2, 0) is 6.61 Å². The van der Waals surface area contributed by atoms with Gasteiger partial charge < -0.3 is 9.47 Å². The van der Waals surface area contributed by atoms with E-state index >= 15 is 0 Å². The van der Waals surface area contributed by atoms with E-state index in [1.807, 2.05) is 49.4 Å². The molecule has 0 aliphatic carbocycles. The Morgan fingerprint density at radius 2 is 1.89 bits per heavy atom. The van der Waals surface area contributed by atoms with Crippen LogP contribution in [0.15, 0.2) is 42.5 Å². The second-order valence-corrected chi connectivity index (χ2v) is 4.51. The van der Waals surface area contributed by atoms with Crippen LogP contribution in [0.2, 0.25) is 5.02 Å². The zero-order valence-corrected chi connectivity index (χ0v) is 11.2. The number of ether oxygens (including phenoxy) is 2. The summed E-state index contributed by atoms with van der Waals surface area (Å²) in [6.07, 6.45) is 0. The Labute approximate surface area is 112 Å². The van der Waals surface area contributed by atoms with Crippen LogP contribution in [0.5, 0.6) is 11.5 Å². The summed E-state index contributed by atoms with van der Waals surface area (Å²) in [5, 5.41) is 0.715. The molecule has 94 valence electrons. The lowest BCUT2D eigenvalue weighted by Crippen LogP contribution is -1.97. The minimum absolute atomic E-state index is 0.472. The largest absolute Gasteiger partial charge is 0.493 e. The maximum atomic E-state index is 5.93. The molecule has 0 atom stereocenters. The van der Waals surface area contributed by atoms with Crippen LogP contribution in [0.4, 0.5) is 0 Å². The number of halogens is 1. The molecule has 0 spiro atoms. The molecule has 0 radical (unpaired) electrons. The number of aryl methyl sites for hydroxylation is 1. The van der Waals surface area contributed by atoms with Gasteiger partial charge in [0.15, 0.2) is 11.5 Å². The van der Waals surface area contributed by atoms with Gasteiger partial charge >= 0.3 is 0 Å². The molecule has 2 nitrogen and oxygen atoms in total. The molecule has 0 unspecified atom stereocenters. The SMILES string of the molecule is COc1cc(C)ccc1OCc1cccc(Cl)c1. The molecule has 0 saturated heterocycles. The van der Waals surface area contributed by atoms with Crippen LogP contribution in [0, 0.1) is 6.92 Å². The average Bonchev–Trinajstić information content (AvgIpc) is 2.37. The lowest BCUT2D eigenvalue weighted by Gasteiger charge is -2.11. The molecule has 2 aromatic carbocycles. The van der Waals surface area contributed by atoms with Crippen molar-refractivity contribution in [3.05, 3.63) is 58.6 Å². The minimum Gasteiger partial charge on any atom is -0.493 e. The van der Waals surface area contributed by atoms with Gasteiger partial charge in [0.05, 0.1) is 7.11 Å². The third-order valence-corrected chi connectivity index (χ3v) is 2.84. The minimum atomic E-state index is 0.472. The van der Waals surface area contributed by atoms with Crippen LogP contribution in [0.3, 0.4) is 0 Å². The third-order valence-electron chi connectivity index (χ3n) is 2.60. The van der Waals surface area contributed by atoms with Crippen molar-refractivity contribution in [1.82, 2.24) is 0 Å². The van der Waals surface area contributed by atoms with E-state index in [9.17, 15) is 0 Å². The average molecular weight is 263 g/mol. The Morgan fingerprint density at radius 1 is 1.06 bits per heavy atom. The fourth-order valence-electron chi connectivity index (χ4n) is 1.68. The van der Waals surface area contributed by atoms with E-state index in [1.54, 1.807) is 7.11 Å². The highest BCUT2D eigenvalue weighted by Crippen LogP contribution is 2.28. The normalized spacial score (nSPS) is 10.2. The first-order chi connectivity index (χ1) is 8.69. The Hall–Kier alpha value is -1.67. The van der Waals surface area contributed by atoms with Gasteiger partial charge in [-0.25, -0.2) is 0 Å². The lowest BCUT2D eigenvalue weighted by atomic mass is 10.2. The summed E-state index contributed by atoms with van der Waals surface area (Å²) in [6.45, 7) is 2.49. The van der Waals surface area contributed by atoms with Crippen molar-refractivity contribution in [3.63, 3.8) is 0 Å². The Kier molecular flexibility index (Phi) is 4.11. The van der Waals surface area contributed by atoms with Gasteiger partial charge in [0, 0.05) is 5.02 Å². The van der Waals surface area contributed by atoms with E-state index in [0.29, 0.717) is 11.6 Å². The predicted octanol–water partition coefficient (Wildman–Crippen LogP) is 4.24. The van der Waals surface area contributed by atoms with Crippen molar-refractivity contribution in [3.8, 4) is 11.5 Å². The third kappa shape index (κ3) is 3.17. The van der Waals surface area contributed by atoms with E-state index < -0.39 is 0 Å². The first kappa shape index (κ1) is 12.8. The number of hydrogen-bond acceptors (Lipinski definition) is 2. The second kappa shape index (κ2) is 5.78. The van der Waals surface area contributed by atoms with Gasteiger partial charge in [0.1, 0.15) is 6.61 Å². The molecular formula is C15H15ClO2. The maximum absolute atomic E-state index is 5.93. The van der Waals surface area contributed by atoms with Crippen molar-refractivity contribution >= 4 is 11.6 Å². The first-order valence-corrected chi connectivity index (χ1v) is 6.09. The highest BCUT2D eigenvalue weighted by Gasteiger charge is 2.04. The van der Waals surface area contributed by atoms with E-state index in [1.165, 1.54) is 0 Å². The number of methoxy groups -OCH3 is 1. The summed E-state index contributed by atoms with van der Waals surface area (Å²) in [4.78, 5) is 0. The topological polar surface area (TPSA) is 18.5 Å². The lowest BCUT2D eigenvalue weighted by molar-refractivity contribution is 0.284. The van der Waals surface area contributed by atoms with Gasteiger partial charge in [-0.1, -0.05) is 29.8 Å². The van der Waals surface area contributed by atoms with Gasteiger partial charge in [0.25, 0.3) is 0 Å². The highest BCUT2D eigenvalue weighted by atomic mass is 35.5. The fourth-order valence-corrected chi connectivity index (χ4v) is 1.89. The van der Waals surface area contributed by atoms with Gasteiger partial charge in [-0.15, -0.1) is 0 Å². The zero-order valence-electron chi connectivity index (χ0n) is 10.4. The molecule has 0 amide bonds. The molecule has 0 bridgehead atoms. The summed E-state index contributed by atoms with van der Waals surface area (Å²) in [5.74, 6) is 1.49.